The van der Waals surface area contributed by atoms with Gasteiger partial charge in [0.2, 0.25) is 0 Å². The van der Waals surface area contributed by atoms with Gasteiger partial charge in [0.15, 0.2) is 0 Å². The Balaban J connectivity index is 0.000000437. The van der Waals surface area contributed by atoms with Crippen LogP contribution in [0.5, 0.6) is 0 Å². The Hall–Kier alpha value is -0.520. The van der Waals surface area contributed by atoms with Crippen molar-refractivity contribution in [2.75, 3.05) is 0 Å². The molecule has 0 saturated heterocycles. The summed E-state index contributed by atoms with van der Waals surface area (Å²) in [5, 5.41) is 0. The third-order valence-corrected chi connectivity index (χ3v) is 4.42. The molecule has 0 aromatic heterocycles. The van der Waals surface area contributed by atoms with Crippen molar-refractivity contribution in [1.29, 1.82) is 0 Å². The van der Waals surface area contributed by atoms with E-state index in [-0.39, 0.29) is 0 Å². The molecule has 1 saturated carbocycles. The largest absolute Gasteiger partial charge is 0.0745 e. The first-order chi connectivity index (χ1) is 7.96. The fourth-order valence-corrected chi connectivity index (χ4v) is 3.60. The monoisotopic (exact) mass is 234 g/mol. The summed E-state index contributed by atoms with van der Waals surface area (Å²) in [4.78, 5) is 0. The molecule has 0 aromatic carbocycles. The van der Waals surface area contributed by atoms with Gasteiger partial charge in [0, 0.05) is 0 Å². The number of rotatable bonds is 0. The highest BCUT2D eigenvalue weighted by atomic mass is 14.5. The maximum absolute atomic E-state index is 2.56. The first-order valence-corrected chi connectivity index (χ1v) is 7.32. The van der Waals surface area contributed by atoms with Crippen LogP contribution in [0.2, 0.25) is 0 Å². The van der Waals surface area contributed by atoms with Crippen LogP contribution >= 0.6 is 0 Å². The summed E-state index contributed by atoms with van der Waals surface area (Å²) in [6.45, 7) is 13.7. The highest BCUT2D eigenvalue weighted by Gasteiger charge is 2.44. The highest BCUT2D eigenvalue weighted by molar-refractivity contribution is 5.32. The van der Waals surface area contributed by atoms with Crippen LogP contribution in [0.1, 0.15) is 67.2 Å². The lowest BCUT2D eigenvalue weighted by Crippen LogP contribution is -2.29. The lowest BCUT2D eigenvalue weighted by atomic mass is 9.66. The van der Waals surface area contributed by atoms with Crippen LogP contribution in [0.25, 0.3) is 0 Å². The van der Waals surface area contributed by atoms with Crippen molar-refractivity contribution in [3.63, 3.8) is 0 Å². The van der Waals surface area contributed by atoms with Crippen LogP contribution in [-0.2, 0) is 0 Å². The minimum atomic E-state index is 0.503. The number of hydrogen-bond donors (Lipinski definition) is 0. The van der Waals surface area contributed by atoms with Crippen LogP contribution < -0.4 is 0 Å². The molecule has 2 atom stereocenters. The summed E-state index contributed by atoms with van der Waals surface area (Å²) in [5.74, 6) is 1.74. The molecule has 0 aromatic rings. The zero-order valence-corrected chi connectivity index (χ0v) is 12.6. The van der Waals surface area contributed by atoms with Gasteiger partial charge >= 0.3 is 0 Å². The summed E-state index contributed by atoms with van der Waals surface area (Å²) in [6.07, 6.45) is 10.3. The van der Waals surface area contributed by atoms with E-state index in [0.29, 0.717) is 5.41 Å². The molecule has 0 nitrogen and oxygen atoms in total. The molecule has 2 unspecified atom stereocenters. The molecule has 0 heteroatoms. The van der Waals surface area contributed by atoms with Gasteiger partial charge in [-0.05, 0) is 50.4 Å². The zero-order valence-electron chi connectivity index (χ0n) is 12.6. The maximum atomic E-state index is 2.56. The molecule has 2 rings (SSSR count). The first kappa shape index (κ1) is 14.5. The second-order valence-electron chi connectivity index (χ2n) is 6.25. The number of allylic oxidation sites excluding steroid dienone is 4. The van der Waals surface area contributed by atoms with E-state index in [9.17, 15) is 0 Å². The highest BCUT2D eigenvalue weighted by Crippen LogP contribution is 2.54. The zero-order chi connectivity index (χ0) is 13.1. The molecule has 1 fully saturated rings. The molecule has 2 aliphatic rings. The van der Waals surface area contributed by atoms with Crippen LogP contribution in [0.3, 0.4) is 0 Å². The predicted octanol–water partition coefficient (Wildman–Crippen LogP) is 5.75. The smallest absolute Gasteiger partial charge is 0.00242 e. The van der Waals surface area contributed by atoms with Crippen molar-refractivity contribution in [3.8, 4) is 0 Å². The van der Waals surface area contributed by atoms with E-state index in [1.165, 1.54) is 31.3 Å². The average molecular weight is 234 g/mol. The standard InChI is InChI=1S/C14H22.C3H8/c1-10-7-11(2)9-14(8-10)12(3)5-6-13(14)4;1-3-2/h7-8,12-13H,5-6,9H2,1-4H3;3H2,1-2H3. The van der Waals surface area contributed by atoms with E-state index in [1.807, 2.05) is 0 Å². The van der Waals surface area contributed by atoms with Gasteiger partial charge in [-0.25, -0.2) is 0 Å². The fourth-order valence-electron chi connectivity index (χ4n) is 3.60. The minimum Gasteiger partial charge on any atom is -0.0745 e. The van der Waals surface area contributed by atoms with Crippen molar-refractivity contribution in [1.82, 2.24) is 0 Å². The molecular formula is C17H30. The quantitative estimate of drug-likeness (QED) is 0.500. The number of hydrogen-bond acceptors (Lipinski definition) is 0. The van der Waals surface area contributed by atoms with Gasteiger partial charge in [0.05, 0.1) is 0 Å². The van der Waals surface area contributed by atoms with Gasteiger partial charge in [-0.1, -0.05) is 57.4 Å². The molecular weight excluding hydrogens is 204 g/mol. The second kappa shape index (κ2) is 5.89. The lowest BCUT2D eigenvalue weighted by molar-refractivity contribution is 0.221. The summed E-state index contributed by atoms with van der Waals surface area (Å²) in [6, 6.07) is 0. The molecule has 0 aliphatic heterocycles. The Bertz CT molecular complexity index is 296. The van der Waals surface area contributed by atoms with E-state index >= 15 is 0 Å². The summed E-state index contributed by atoms with van der Waals surface area (Å²) < 4.78 is 0. The van der Waals surface area contributed by atoms with E-state index in [1.54, 1.807) is 5.57 Å². The Morgan fingerprint density at radius 1 is 1.12 bits per heavy atom. The second-order valence-corrected chi connectivity index (χ2v) is 6.25. The third kappa shape index (κ3) is 3.03. The van der Waals surface area contributed by atoms with Crippen LogP contribution in [0.4, 0.5) is 0 Å². The molecule has 0 radical (unpaired) electrons. The lowest BCUT2D eigenvalue weighted by Gasteiger charge is -2.38. The van der Waals surface area contributed by atoms with E-state index in [0.717, 1.165) is 11.8 Å². The Kier molecular flexibility index (Phi) is 5.04. The molecule has 0 heterocycles. The minimum absolute atomic E-state index is 0.503. The van der Waals surface area contributed by atoms with Gasteiger partial charge in [-0.15, -0.1) is 0 Å². The van der Waals surface area contributed by atoms with E-state index in [2.05, 4.69) is 53.7 Å². The molecule has 0 amide bonds. The van der Waals surface area contributed by atoms with Crippen LogP contribution in [0, 0.1) is 17.3 Å². The van der Waals surface area contributed by atoms with Crippen LogP contribution in [0.15, 0.2) is 23.3 Å². The SMILES string of the molecule is CC1=CC2(CC(C)=C1)C(C)CCC2C.CCC. The molecule has 0 bridgehead atoms. The van der Waals surface area contributed by atoms with E-state index in [4.69, 9.17) is 0 Å². The topological polar surface area (TPSA) is 0 Å². The van der Waals surface area contributed by atoms with Crippen molar-refractivity contribution in [2.24, 2.45) is 17.3 Å². The third-order valence-electron chi connectivity index (χ3n) is 4.42. The van der Waals surface area contributed by atoms with Gasteiger partial charge < -0.3 is 0 Å². The molecule has 0 N–H and O–H groups in total. The van der Waals surface area contributed by atoms with Crippen molar-refractivity contribution >= 4 is 0 Å². The maximum Gasteiger partial charge on any atom is -0.00242 e. The fraction of sp³-hybridized carbons (Fsp3) is 0.765. The van der Waals surface area contributed by atoms with Gasteiger partial charge in [0.1, 0.15) is 0 Å². The summed E-state index contributed by atoms with van der Waals surface area (Å²) in [7, 11) is 0. The van der Waals surface area contributed by atoms with Crippen molar-refractivity contribution < 1.29 is 0 Å². The Labute approximate surface area is 108 Å². The Morgan fingerprint density at radius 2 is 1.59 bits per heavy atom. The first-order valence-electron chi connectivity index (χ1n) is 7.32. The molecule has 17 heavy (non-hydrogen) atoms. The Morgan fingerprint density at radius 3 is 2.00 bits per heavy atom. The normalized spacial score (nSPS) is 36.1. The van der Waals surface area contributed by atoms with Gasteiger partial charge in [0.25, 0.3) is 0 Å². The van der Waals surface area contributed by atoms with Gasteiger partial charge in [-0.3, -0.25) is 0 Å². The van der Waals surface area contributed by atoms with Crippen molar-refractivity contribution in [2.45, 2.75) is 67.2 Å². The van der Waals surface area contributed by atoms with Crippen molar-refractivity contribution in [3.05, 3.63) is 23.3 Å². The summed E-state index contributed by atoms with van der Waals surface area (Å²) in [5.41, 5.74) is 3.56. The van der Waals surface area contributed by atoms with Gasteiger partial charge in [-0.2, -0.15) is 0 Å². The molecule has 2 aliphatic carbocycles. The van der Waals surface area contributed by atoms with Crippen LogP contribution in [-0.4, -0.2) is 0 Å². The predicted molar refractivity (Wildman–Crippen MR) is 78.1 cm³/mol. The summed E-state index contributed by atoms with van der Waals surface area (Å²) >= 11 is 0. The van der Waals surface area contributed by atoms with E-state index < -0.39 is 0 Å². The average Bonchev–Trinajstić information content (AvgIpc) is 2.46. The molecule has 98 valence electrons. The molecule has 1 spiro atoms.